The molecule has 0 atom stereocenters. The number of ether oxygens (including phenoxy) is 1. The Hall–Kier alpha value is -2.59. The average molecular weight is 334 g/mol. The van der Waals surface area contributed by atoms with Crippen LogP contribution in [0, 0.1) is 11.3 Å². The van der Waals surface area contributed by atoms with Gasteiger partial charge in [-0.05, 0) is 48.5 Å². The Morgan fingerprint density at radius 3 is 2.39 bits per heavy atom. The molecule has 0 unspecified atom stereocenters. The molecule has 0 saturated heterocycles. The van der Waals surface area contributed by atoms with E-state index in [4.69, 9.17) is 10.00 Å². The smallest absolute Gasteiger partial charge is 0.288 e. The van der Waals surface area contributed by atoms with E-state index >= 15 is 0 Å². The first-order chi connectivity index (χ1) is 11.1. The van der Waals surface area contributed by atoms with Gasteiger partial charge in [-0.15, -0.1) is 0 Å². The number of nitriles is 1. The van der Waals surface area contributed by atoms with Gasteiger partial charge < -0.3 is 10.1 Å². The summed E-state index contributed by atoms with van der Waals surface area (Å²) in [5.74, 6) is -2.31. The van der Waals surface area contributed by atoms with Crippen molar-refractivity contribution in [3.8, 4) is 11.8 Å². The number of amides is 1. The second-order valence-corrected chi connectivity index (χ2v) is 5.39. The number of thioether (sulfide) groups is 1. The van der Waals surface area contributed by atoms with E-state index in [9.17, 15) is 13.6 Å². The van der Waals surface area contributed by atoms with Crippen molar-refractivity contribution in [3.05, 3.63) is 54.1 Å². The molecule has 0 aliphatic carbocycles. The Labute approximate surface area is 136 Å². The van der Waals surface area contributed by atoms with Crippen LogP contribution in [0.5, 0.6) is 5.75 Å². The maximum atomic E-state index is 12.2. The number of hydrogen-bond acceptors (Lipinski definition) is 4. The molecule has 4 nitrogen and oxygen atoms in total. The number of anilines is 1. The second-order valence-electron chi connectivity index (χ2n) is 4.33. The molecule has 0 aliphatic heterocycles. The van der Waals surface area contributed by atoms with Crippen LogP contribution in [0.2, 0.25) is 0 Å². The summed E-state index contributed by atoms with van der Waals surface area (Å²) in [6.45, 7) is -0.0469. The van der Waals surface area contributed by atoms with E-state index in [2.05, 4.69) is 5.32 Å². The van der Waals surface area contributed by atoms with Crippen LogP contribution in [0.4, 0.5) is 14.5 Å². The molecule has 1 amide bonds. The molecule has 0 aliphatic rings. The van der Waals surface area contributed by atoms with Crippen molar-refractivity contribution in [2.45, 2.75) is 10.7 Å². The minimum absolute atomic E-state index is 0.0469. The largest absolute Gasteiger partial charge is 0.479 e. The molecule has 118 valence electrons. The van der Waals surface area contributed by atoms with Crippen molar-refractivity contribution in [2.75, 3.05) is 11.9 Å². The predicted octanol–water partition coefficient (Wildman–Crippen LogP) is 4.16. The fourth-order valence-electron chi connectivity index (χ4n) is 1.74. The molecule has 0 heterocycles. The maximum absolute atomic E-state index is 12.2. The number of nitrogens with one attached hydrogen (secondary N) is 1. The summed E-state index contributed by atoms with van der Waals surface area (Å²) in [4.78, 5) is 12.5. The van der Waals surface area contributed by atoms with E-state index in [0.717, 1.165) is 0 Å². The van der Waals surface area contributed by atoms with E-state index in [0.29, 0.717) is 33.7 Å². The highest BCUT2D eigenvalue weighted by Gasteiger charge is 2.09. The van der Waals surface area contributed by atoms with E-state index in [1.807, 2.05) is 6.07 Å². The molecule has 23 heavy (non-hydrogen) atoms. The van der Waals surface area contributed by atoms with Gasteiger partial charge in [-0.1, -0.05) is 11.8 Å². The molecule has 0 bridgehead atoms. The third-order valence-corrected chi connectivity index (χ3v) is 3.48. The molecule has 7 heteroatoms. The number of benzene rings is 2. The van der Waals surface area contributed by atoms with Crippen molar-refractivity contribution < 1.29 is 18.3 Å². The zero-order valence-electron chi connectivity index (χ0n) is 11.8. The Morgan fingerprint density at radius 2 is 1.83 bits per heavy atom. The van der Waals surface area contributed by atoms with Crippen LogP contribution < -0.4 is 10.1 Å². The fourth-order valence-corrected chi connectivity index (χ4v) is 2.24. The third-order valence-electron chi connectivity index (χ3n) is 2.76. The van der Waals surface area contributed by atoms with Crippen molar-refractivity contribution in [3.63, 3.8) is 0 Å². The van der Waals surface area contributed by atoms with E-state index < -0.39 is 5.76 Å². The van der Waals surface area contributed by atoms with Gasteiger partial charge in [-0.25, -0.2) is 0 Å². The fraction of sp³-hybridized carbons (Fsp3) is 0.125. The molecule has 0 radical (unpaired) electrons. The minimum Gasteiger partial charge on any atom is -0.479 e. The molecular formula is C16H12F2N2O2S. The Kier molecular flexibility index (Phi) is 5.94. The first-order valence-electron chi connectivity index (χ1n) is 6.54. The summed E-state index contributed by atoms with van der Waals surface area (Å²) in [7, 11) is 0. The first-order valence-corrected chi connectivity index (χ1v) is 7.42. The summed E-state index contributed by atoms with van der Waals surface area (Å²) >= 11 is 0.429. The zero-order valence-corrected chi connectivity index (χ0v) is 12.6. The van der Waals surface area contributed by atoms with Gasteiger partial charge in [0, 0.05) is 16.1 Å². The highest BCUT2D eigenvalue weighted by molar-refractivity contribution is 7.99. The van der Waals surface area contributed by atoms with Crippen molar-refractivity contribution in [1.82, 2.24) is 0 Å². The van der Waals surface area contributed by atoms with E-state index in [1.54, 1.807) is 24.3 Å². The topological polar surface area (TPSA) is 62.1 Å². The van der Waals surface area contributed by atoms with Crippen LogP contribution >= 0.6 is 11.8 Å². The predicted molar refractivity (Wildman–Crippen MR) is 83.8 cm³/mol. The van der Waals surface area contributed by atoms with E-state index in [1.165, 1.54) is 24.3 Å². The summed E-state index contributed by atoms with van der Waals surface area (Å²) in [6.07, 6.45) is 0. The number of carbonyl (C=O) groups excluding carboxylic acids is 1. The summed E-state index contributed by atoms with van der Waals surface area (Å²) < 4.78 is 29.6. The second kappa shape index (κ2) is 8.15. The third kappa shape index (κ3) is 5.27. The Morgan fingerprint density at radius 1 is 1.17 bits per heavy atom. The summed E-state index contributed by atoms with van der Waals surface area (Å²) in [6, 6.07) is 14.4. The van der Waals surface area contributed by atoms with Crippen LogP contribution in [0.15, 0.2) is 53.4 Å². The molecule has 0 spiro atoms. The van der Waals surface area contributed by atoms with Gasteiger partial charge in [-0.3, -0.25) is 4.79 Å². The van der Waals surface area contributed by atoms with Crippen LogP contribution in [0.25, 0.3) is 0 Å². The lowest BCUT2D eigenvalue weighted by molar-refractivity contribution is 0.102. The van der Waals surface area contributed by atoms with Crippen molar-refractivity contribution in [2.24, 2.45) is 0 Å². The molecule has 1 N–H and O–H groups in total. The van der Waals surface area contributed by atoms with Crippen LogP contribution in [-0.4, -0.2) is 18.3 Å². The van der Waals surface area contributed by atoms with Gasteiger partial charge in [0.1, 0.15) is 11.8 Å². The number of carbonyl (C=O) groups is 1. The quantitative estimate of drug-likeness (QED) is 0.806. The van der Waals surface area contributed by atoms with Gasteiger partial charge in [-0.2, -0.15) is 14.0 Å². The Bertz CT molecular complexity index is 698. The van der Waals surface area contributed by atoms with E-state index in [-0.39, 0.29) is 12.5 Å². The minimum atomic E-state index is -2.49. The highest BCUT2D eigenvalue weighted by Crippen LogP contribution is 2.25. The monoisotopic (exact) mass is 334 g/mol. The van der Waals surface area contributed by atoms with Crippen LogP contribution in [-0.2, 0) is 0 Å². The van der Waals surface area contributed by atoms with Crippen molar-refractivity contribution in [1.29, 1.82) is 5.26 Å². The lowest BCUT2D eigenvalue weighted by Crippen LogP contribution is -2.11. The normalized spacial score (nSPS) is 10.2. The van der Waals surface area contributed by atoms with Gasteiger partial charge in [0.2, 0.25) is 0 Å². The van der Waals surface area contributed by atoms with Gasteiger partial charge >= 0.3 is 0 Å². The van der Waals surface area contributed by atoms with Gasteiger partial charge in [0.05, 0.1) is 0 Å². The lowest BCUT2D eigenvalue weighted by atomic mass is 10.2. The average Bonchev–Trinajstić information content (AvgIpc) is 2.54. The number of halogens is 2. The molecule has 0 aromatic heterocycles. The zero-order chi connectivity index (χ0) is 16.7. The molecular weight excluding hydrogens is 322 g/mol. The maximum Gasteiger partial charge on any atom is 0.288 e. The molecule has 2 rings (SSSR count). The first kappa shape index (κ1) is 16.8. The molecule has 0 saturated carbocycles. The number of hydrogen-bond donors (Lipinski definition) is 1. The lowest BCUT2D eigenvalue weighted by Gasteiger charge is -2.07. The van der Waals surface area contributed by atoms with Gasteiger partial charge in [0.25, 0.3) is 11.7 Å². The highest BCUT2D eigenvalue weighted by atomic mass is 32.2. The van der Waals surface area contributed by atoms with Gasteiger partial charge in [0.15, 0.2) is 6.61 Å². The molecule has 0 fully saturated rings. The number of rotatable bonds is 6. The van der Waals surface area contributed by atoms with Crippen LogP contribution in [0.1, 0.15) is 10.4 Å². The standard InChI is InChI=1S/C16H12F2N2O2S/c17-16(18)23-14-7-1-11(2-8-14)15(21)20-12-3-5-13(6-4-12)22-10-9-19/h1-8,16H,10H2,(H,20,21). The summed E-state index contributed by atoms with van der Waals surface area (Å²) in [5, 5.41) is 11.1. The number of alkyl halides is 2. The summed E-state index contributed by atoms with van der Waals surface area (Å²) in [5.41, 5.74) is 0.929. The van der Waals surface area contributed by atoms with Crippen molar-refractivity contribution >= 4 is 23.4 Å². The Balaban J connectivity index is 1.97. The number of nitrogens with zero attached hydrogens (tertiary/aromatic N) is 1. The molecule has 2 aromatic rings. The SMILES string of the molecule is N#CCOc1ccc(NC(=O)c2ccc(SC(F)F)cc2)cc1. The molecule has 2 aromatic carbocycles. The van der Waals surface area contributed by atoms with Crippen LogP contribution in [0.3, 0.4) is 0 Å².